The van der Waals surface area contributed by atoms with E-state index < -0.39 is 0 Å². The molecule has 1 fully saturated rings. The highest BCUT2D eigenvalue weighted by molar-refractivity contribution is 7.07. The van der Waals surface area contributed by atoms with Gasteiger partial charge in [-0.15, -0.1) is 23.7 Å². The number of halogens is 1. The molecule has 1 aromatic heterocycles. The van der Waals surface area contributed by atoms with Crippen molar-refractivity contribution in [3.8, 4) is 0 Å². The molecule has 2 rings (SSSR count). The summed E-state index contributed by atoms with van der Waals surface area (Å²) in [4.78, 5) is 6.79. The standard InChI is InChI=1S/C10H17N3S.ClH/c1-8-2-9(3-11)4-13(8)5-10-6-14-7-12-10;/h6-9H,2-5,11H2,1H3;1H. The summed E-state index contributed by atoms with van der Waals surface area (Å²) in [7, 11) is 0. The van der Waals surface area contributed by atoms with E-state index in [1.165, 1.54) is 12.1 Å². The number of thiazole rings is 1. The van der Waals surface area contributed by atoms with Crippen molar-refractivity contribution in [3.63, 3.8) is 0 Å². The fraction of sp³-hybridized carbons (Fsp3) is 0.700. The van der Waals surface area contributed by atoms with Gasteiger partial charge in [-0.1, -0.05) is 0 Å². The normalized spacial score (nSPS) is 26.5. The Bertz CT molecular complexity index is 278. The maximum atomic E-state index is 5.69. The molecular formula is C10H18ClN3S. The van der Waals surface area contributed by atoms with Gasteiger partial charge in [0.2, 0.25) is 0 Å². The van der Waals surface area contributed by atoms with Crippen LogP contribution in [0.3, 0.4) is 0 Å². The van der Waals surface area contributed by atoms with Gasteiger partial charge in [0.25, 0.3) is 0 Å². The van der Waals surface area contributed by atoms with E-state index in [2.05, 4.69) is 22.2 Å². The molecule has 0 radical (unpaired) electrons. The first-order valence-electron chi connectivity index (χ1n) is 5.10. The molecule has 0 aromatic carbocycles. The van der Waals surface area contributed by atoms with Gasteiger partial charge in [-0.2, -0.15) is 0 Å². The lowest BCUT2D eigenvalue weighted by Crippen LogP contribution is -2.27. The van der Waals surface area contributed by atoms with Crippen LogP contribution in [-0.2, 0) is 6.54 Å². The first kappa shape index (κ1) is 12.9. The molecule has 1 saturated heterocycles. The molecule has 0 aliphatic carbocycles. The van der Waals surface area contributed by atoms with Crippen LogP contribution in [-0.4, -0.2) is 29.0 Å². The Morgan fingerprint density at radius 3 is 3.00 bits per heavy atom. The van der Waals surface area contributed by atoms with Crippen LogP contribution >= 0.6 is 23.7 Å². The molecule has 1 aliphatic rings. The van der Waals surface area contributed by atoms with Crippen molar-refractivity contribution in [2.45, 2.75) is 25.9 Å². The highest BCUT2D eigenvalue weighted by Crippen LogP contribution is 2.23. The Morgan fingerprint density at radius 1 is 1.67 bits per heavy atom. The minimum absolute atomic E-state index is 0. The number of rotatable bonds is 3. The third-order valence-electron chi connectivity index (χ3n) is 2.97. The largest absolute Gasteiger partial charge is 0.330 e. The molecule has 0 saturated carbocycles. The van der Waals surface area contributed by atoms with Gasteiger partial charge in [0.15, 0.2) is 0 Å². The van der Waals surface area contributed by atoms with Crippen LogP contribution in [0.2, 0.25) is 0 Å². The Balaban J connectivity index is 0.00000112. The van der Waals surface area contributed by atoms with Crippen LogP contribution in [0.25, 0.3) is 0 Å². The number of nitrogens with zero attached hydrogens (tertiary/aromatic N) is 2. The Hall–Kier alpha value is -0.160. The third-order valence-corrected chi connectivity index (χ3v) is 3.61. The maximum absolute atomic E-state index is 5.69. The van der Waals surface area contributed by atoms with E-state index in [-0.39, 0.29) is 12.4 Å². The fourth-order valence-electron chi connectivity index (χ4n) is 2.13. The topological polar surface area (TPSA) is 42.1 Å². The second-order valence-electron chi connectivity index (χ2n) is 4.10. The van der Waals surface area contributed by atoms with Crippen molar-refractivity contribution >= 4 is 23.7 Å². The summed E-state index contributed by atoms with van der Waals surface area (Å²) in [5, 5.41) is 2.13. The van der Waals surface area contributed by atoms with E-state index in [1.807, 2.05) is 5.51 Å². The molecule has 3 nitrogen and oxygen atoms in total. The van der Waals surface area contributed by atoms with Crippen molar-refractivity contribution in [2.24, 2.45) is 11.7 Å². The molecule has 1 aliphatic heterocycles. The van der Waals surface area contributed by atoms with Crippen molar-refractivity contribution in [3.05, 3.63) is 16.6 Å². The molecule has 0 spiro atoms. The molecule has 5 heteroatoms. The molecule has 2 atom stereocenters. The van der Waals surface area contributed by atoms with Gasteiger partial charge < -0.3 is 5.73 Å². The number of hydrogen-bond acceptors (Lipinski definition) is 4. The van der Waals surface area contributed by atoms with Crippen molar-refractivity contribution in [1.29, 1.82) is 0 Å². The third kappa shape index (κ3) is 3.14. The Labute approximate surface area is 101 Å². The molecule has 0 amide bonds. The van der Waals surface area contributed by atoms with Crippen LogP contribution < -0.4 is 5.73 Å². The predicted molar refractivity (Wildman–Crippen MR) is 66.4 cm³/mol. The Kier molecular flexibility index (Phi) is 4.99. The summed E-state index contributed by atoms with van der Waals surface area (Å²) in [6.07, 6.45) is 1.24. The first-order chi connectivity index (χ1) is 6.79. The molecular weight excluding hydrogens is 230 g/mol. The molecule has 0 bridgehead atoms. The number of aromatic nitrogens is 1. The number of likely N-dealkylation sites (tertiary alicyclic amines) is 1. The minimum Gasteiger partial charge on any atom is -0.330 e. The highest BCUT2D eigenvalue weighted by Gasteiger charge is 2.27. The lowest BCUT2D eigenvalue weighted by atomic mass is 10.1. The van der Waals surface area contributed by atoms with Crippen molar-refractivity contribution in [1.82, 2.24) is 9.88 Å². The second-order valence-corrected chi connectivity index (χ2v) is 4.81. The van der Waals surface area contributed by atoms with E-state index in [9.17, 15) is 0 Å². The zero-order valence-corrected chi connectivity index (χ0v) is 10.6. The summed E-state index contributed by atoms with van der Waals surface area (Å²) in [5.74, 6) is 0.684. The van der Waals surface area contributed by atoms with E-state index in [1.54, 1.807) is 11.3 Å². The van der Waals surface area contributed by atoms with Gasteiger partial charge in [-0.05, 0) is 25.8 Å². The van der Waals surface area contributed by atoms with Gasteiger partial charge in [-0.25, -0.2) is 4.98 Å². The lowest BCUT2D eigenvalue weighted by molar-refractivity contribution is 0.253. The smallest absolute Gasteiger partial charge is 0.0795 e. The average Bonchev–Trinajstić information content (AvgIpc) is 2.78. The zero-order valence-electron chi connectivity index (χ0n) is 8.93. The molecule has 2 N–H and O–H groups in total. The number of hydrogen-bond donors (Lipinski definition) is 1. The van der Waals surface area contributed by atoms with Crippen LogP contribution in [0, 0.1) is 5.92 Å². The molecule has 2 heterocycles. The fourth-order valence-corrected chi connectivity index (χ4v) is 2.68. The van der Waals surface area contributed by atoms with Gasteiger partial charge in [0, 0.05) is 24.5 Å². The van der Waals surface area contributed by atoms with Gasteiger partial charge >= 0.3 is 0 Å². The van der Waals surface area contributed by atoms with Gasteiger partial charge in [0.1, 0.15) is 0 Å². The van der Waals surface area contributed by atoms with Crippen LogP contribution in [0.1, 0.15) is 19.0 Å². The second kappa shape index (κ2) is 5.80. The average molecular weight is 248 g/mol. The van der Waals surface area contributed by atoms with Crippen LogP contribution in [0.15, 0.2) is 10.9 Å². The monoisotopic (exact) mass is 247 g/mol. The van der Waals surface area contributed by atoms with Crippen LogP contribution in [0.4, 0.5) is 0 Å². The van der Waals surface area contributed by atoms with E-state index >= 15 is 0 Å². The first-order valence-corrected chi connectivity index (χ1v) is 6.05. The minimum atomic E-state index is 0. The maximum Gasteiger partial charge on any atom is 0.0795 e. The van der Waals surface area contributed by atoms with E-state index in [0.29, 0.717) is 12.0 Å². The van der Waals surface area contributed by atoms with Crippen molar-refractivity contribution in [2.75, 3.05) is 13.1 Å². The zero-order chi connectivity index (χ0) is 9.97. The summed E-state index contributed by atoms with van der Waals surface area (Å²) in [5.41, 5.74) is 8.78. The lowest BCUT2D eigenvalue weighted by Gasteiger charge is -2.19. The quantitative estimate of drug-likeness (QED) is 0.885. The van der Waals surface area contributed by atoms with Gasteiger partial charge in [-0.3, -0.25) is 4.90 Å². The molecule has 1 aromatic rings. The summed E-state index contributed by atoms with van der Waals surface area (Å²) in [6, 6.07) is 0.658. The molecule has 2 unspecified atom stereocenters. The molecule has 15 heavy (non-hydrogen) atoms. The summed E-state index contributed by atoms with van der Waals surface area (Å²) < 4.78 is 0. The predicted octanol–water partition coefficient (Wildman–Crippen LogP) is 1.73. The van der Waals surface area contributed by atoms with E-state index in [4.69, 9.17) is 5.73 Å². The number of nitrogens with two attached hydrogens (primary N) is 1. The summed E-state index contributed by atoms with van der Waals surface area (Å²) in [6.45, 7) is 5.22. The highest BCUT2D eigenvalue weighted by atomic mass is 35.5. The van der Waals surface area contributed by atoms with E-state index in [0.717, 1.165) is 19.6 Å². The van der Waals surface area contributed by atoms with Gasteiger partial charge in [0.05, 0.1) is 11.2 Å². The molecule has 86 valence electrons. The Morgan fingerprint density at radius 2 is 2.47 bits per heavy atom. The van der Waals surface area contributed by atoms with Crippen molar-refractivity contribution < 1.29 is 0 Å². The SMILES string of the molecule is CC1CC(CN)CN1Cc1cscn1.Cl. The summed E-state index contributed by atoms with van der Waals surface area (Å²) >= 11 is 1.67. The van der Waals surface area contributed by atoms with Crippen LogP contribution in [0.5, 0.6) is 0 Å².